The Bertz CT molecular complexity index is 763. The minimum Gasteiger partial charge on any atom is -0.483 e. The molecule has 0 spiro atoms. The highest BCUT2D eigenvalue weighted by Crippen LogP contribution is 2.18. The Morgan fingerprint density at radius 3 is 2.46 bits per heavy atom. The summed E-state index contributed by atoms with van der Waals surface area (Å²) in [6.07, 6.45) is -0.0834. The molecule has 1 aliphatic rings. The summed E-state index contributed by atoms with van der Waals surface area (Å²) < 4.78 is 15.9. The molecule has 0 aromatic heterocycles. The maximum atomic E-state index is 11.7. The van der Waals surface area contributed by atoms with Crippen molar-refractivity contribution < 1.29 is 19.0 Å². The zero-order valence-corrected chi connectivity index (χ0v) is 16.8. The first-order valence-electron chi connectivity index (χ1n) is 9.18. The van der Waals surface area contributed by atoms with E-state index in [0.29, 0.717) is 18.2 Å². The van der Waals surface area contributed by atoms with Crippen LogP contribution in [-0.4, -0.2) is 50.7 Å². The quantitative estimate of drug-likeness (QED) is 0.790. The minimum atomic E-state index is -0.505. The summed E-state index contributed by atoms with van der Waals surface area (Å²) in [5.41, 5.74) is 0.930. The fourth-order valence-corrected chi connectivity index (χ4v) is 2.61. The number of methoxy groups -OCH3 is 2. The lowest BCUT2D eigenvalue weighted by Gasteiger charge is -2.26. The topological polar surface area (TPSA) is 81.5 Å². The zero-order chi connectivity index (χ0) is 20.4. The molecule has 1 heterocycles. The van der Waals surface area contributed by atoms with E-state index in [1.165, 1.54) is 0 Å². The van der Waals surface area contributed by atoms with Crippen molar-refractivity contribution in [2.45, 2.75) is 39.0 Å². The third kappa shape index (κ3) is 6.31. The number of ether oxygens (including phenoxy) is 3. The van der Waals surface area contributed by atoms with Crippen LogP contribution in [0.4, 0.5) is 4.79 Å². The maximum Gasteiger partial charge on any atom is 0.408 e. The summed E-state index contributed by atoms with van der Waals surface area (Å²) in [7, 11) is 3.17. The van der Waals surface area contributed by atoms with Gasteiger partial charge in [0, 0.05) is 6.42 Å². The smallest absolute Gasteiger partial charge is 0.408 e. The molecule has 0 fully saturated rings. The van der Waals surface area contributed by atoms with E-state index in [0.717, 1.165) is 5.56 Å². The first kappa shape index (κ1) is 21.3. The Labute approximate surface area is 166 Å². The molecule has 28 heavy (non-hydrogen) atoms. The first-order chi connectivity index (χ1) is 13.5. The second kappa shape index (κ2) is 11.0. The molecule has 1 aromatic rings. The van der Waals surface area contributed by atoms with Crippen LogP contribution in [0.3, 0.4) is 0 Å². The lowest BCUT2D eigenvalue weighted by atomic mass is 10.0. The van der Waals surface area contributed by atoms with Crippen molar-refractivity contribution in [1.82, 2.24) is 5.32 Å². The lowest BCUT2D eigenvalue weighted by molar-refractivity contribution is 0.141. The van der Waals surface area contributed by atoms with Crippen molar-refractivity contribution in [3.63, 3.8) is 0 Å². The second-order valence-electron chi connectivity index (χ2n) is 6.52. The van der Waals surface area contributed by atoms with Crippen molar-refractivity contribution in [1.29, 1.82) is 0 Å². The molecule has 1 aromatic carbocycles. The van der Waals surface area contributed by atoms with Gasteiger partial charge >= 0.3 is 6.09 Å². The van der Waals surface area contributed by atoms with Gasteiger partial charge in [0.05, 0.1) is 20.8 Å². The Balaban J connectivity index is 1.80. The Morgan fingerprint density at radius 2 is 1.82 bits per heavy atom. The van der Waals surface area contributed by atoms with Gasteiger partial charge < -0.3 is 19.5 Å². The van der Waals surface area contributed by atoms with Gasteiger partial charge in [-0.1, -0.05) is 56.0 Å². The third-order valence-electron chi connectivity index (χ3n) is 4.09. The number of rotatable bonds is 5. The molecule has 0 unspecified atom stereocenters. The van der Waals surface area contributed by atoms with Gasteiger partial charge in [0.25, 0.3) is 0 Å². The van der Waals surface area contributed by atoms with E-state index < -0.39 is 6.09 Å². The predicted octanol–water partition coefficient (Wildman–Crippen LogP) is 2.80. The Kier molecular flexibility index (Phi) is 8.35. The van der Waals surface area contributed by atoms with E-state index in [9.17, 15) is 4.79 Å². The van der Waals surface area contributed by atoms with Gasteiger partial charge in [0.2, 0.25) is 11.8 Å². The zero-order valence-electron chi connectivity index (χ0n) is 16.8. The Hall–Kier alpha value is -3.01. The van der Waals surface area contributed by atoms with E-state index in [-0.39, 0.29) is 31.2 Å². The SMILES string of the molecule is COC1=N[C@H](CC#CCNC(=O)OCc2ccccc2)C(OC)=N[C@H]1C(C)C. The average Bonchev–Trinajstić information content (AvgIpc) is 2.72. The van der Waals surface area contributed by atoms with Crippen molar-refractivity contribution >= 4 is 17.9 Å². The number of hydrogen-bond donors (Lipinski definition) is 1. The minimum absolute atomic E-state index is 0.148. The fraction of sp³-hybridized carbons (Fsp3) is 0.476. The van der Waals surface area contributed by atoms with Crippen molar-refractivity contribution in [3.05, 3.63) is 35.9 Å². The second-order valence-corrected chi connectivity index (χ2v) is 6.52. The summed E-state index contributed by atoms with van der Waals surface area (Å²) in [5.74, 6) is 7.27. The summed E-state index contributed by atoms with van der Waals surface area (Å²) in [5, 5.41) is 2.60. The molecule has 0 saturated heterocycles. The Morgan fingerprint density at radius 1 is 1.11 bits per heavy atom. The standard InChI is InChI=1S/C21H27N3O4/c1-15(2)18-20(27-4)23-17(19(24-18)26-3)12-8-9-13-22-21(25)28-14-16-10-6-5-7-11-16/h5-7,10-11,15,17-18H,12-14H2,1-4H3,(H,22,25)/t17-,18+/m1/s1. The average molecular weight is 385 g/mol. The van der Waals surface area contributed by atoms with Gasteiger partial charge in [-0.2, -0.15) is 0 Å². The first-order valence-corrected chi connectivity index (χ1v) is 9.18. The van der Waals surface area contributed by atoms with Crippen LogP contribution >= 0.6 is 0 Å². The number of nitrogens with one attached hydrogen (secondary N) is 1. The molecule has 0 bridgehead atoms. The van der Waals surface area contributed by atoms with Crippen LogP contribution in [-0.2, 0) is 20.8 Å². The maximum absolute atomic E-state index is 11.7. The number of hydrogen-bond acceptors (Lipinski definition) is 6. The number of benzene rings is 1. The van der Waals surface area contributed by atoms with E-state index in [2.05, 4.69) is 41.0 Å². The molecule has 150 valence electrons. The predicted molar refractivity (Wildman–Crippen MR) is 108 cm³/mol. The molecule has 7 nitrogen and oxygen atoms in total. The highest BCUT2D eigenvalue weighted by Gasteiger charge is 2.30. The number of carbonyl (C=O) groups is 1. The molecule has 1 amide bonds. The van der Waals surface area contributed by atoms with Crippen LogP contribution in [0, 0.1) is 17.8 Å². The number of alkyl carbamates (subject to hydrolysis) is 1. The molecule has 0 saturated carbocycles. The molecule has 0 radical (unpaired) electrons. The van der Waals surface area contributed by atoms with Gasteiger partial charge in [-0.15, -0.1) is 0 Å². The molecular formula is C21H27N3O4. The molecule has 1 aliphatic heterocycles. The van der Waals surface area contributed by atoms with Gasteiger partial charge in [-0.3, -0.25) is 0 Å². The van der Waals surface area contributed by atoms with Gasteiger partial charge in [-0.25, -0.2) is 14.8 Å². The molecule has 0 aliphatic carbocycles. The summed E-state index contributed by atoms with van der Waals surface area (Å²) in [6, 6.07) is 9.03. The van der Waals surface area contributed by atoms with Gasteiger partial charge in [0.1, 0.15) is 18.7 Å². The van der Waals surface area contributed by atoms with Crippen LogP contribution in [0.15, 0.2) is 40.3 Å². The van der Waals surface area contributed by atoms with Crippen molar-refractivity contribution in [2.75, 3.05) is 20.8 Å². The molecular weight excluding hydrogens is 358 g/mol. The number of amides is 1. The van der Waals surface area contributed by atoms with Crippen LogP contribution in [0.1, 0.15) is 25.8 Å². The monoisotopic (exact) mass is 385 g/mol. The van der Waals surface area contributed by atoms with Crippen molar-refractivity contribution in [2.24, 2.45) is 15.9 Å². The lowest BCUT2D eigenvalue weighted by Crippen LogP contribution is -2.37. The normalized spacial score (nSPS) is 18.3. The van der Waals surface area contributed by atoms with Crippen LogP contribution in [0.2, 0.25) is 0 Å². The van der Waals surface area contributed by atoms with E-state index in [1.54, 1.807) is 14.2 Å². The summed E-state index contributed by atoms with van der Waals surface area (Å²) in [4.78, 5) is 20.9. The van der Waals surface area contributed by atoms with Crippen LogP contribution < -0.4 is 5.32 Å². The number of aliphatic imine (C=N–C) groups is 2. The third-order valence-corrected chi connectivity index (χ3v) is 4.09. The van der Waals surface area contributed by atoms with Gasteiger partial charge in [0.15, 0.2) is 0 Å². The van der Waals surface area contributed by atoms with Gasteiger partial charge in [-0.05, 0) is 11.5 Å². The molecule has 2 rings (SSSR count). The highest BCUT2D eigenvalue weighted by atomic mass is 16.5. The van der Waals surface area contributed by atoms with Crippen molar-refractivity contribution in [3.8, 4) is 11.8 Å². The largest absolute Gasteiger partial charge is 0.483 e. The molecule has 1 N–H and O–H groups in total. The summed E-state index contributed by atoms with van der Waals surface area (Å²) in [6.45, 7) is 4.52. The highest BCUT2D eigenvalue weighted by molar-refractivity contribution is 5.94. The van der Waals surface area contributed by atoms with Crippen LogP contribution in [0.25, 0.3) is 0 Å². The fourth-order valence-electron chi connectivity index (χ4n) is 2.61. The van der Waals surface area contributed by atoms with E-state index >= 15 is 0 Å². The number of nitrogens with zero attached hydrogens (tertiary/aromatic N) is 2. The van der Waals surface area contributed by atoms with E-state index in [1.807, 2.05) is 30.3 Å². The van der Waals surface area contributed by atoms with E-state index in [4.69, 9.17) is 14.2 Å². The summed E-state index contributed by atoms with van der Waals surface area (Å²) >= 11 is 0. The molecule has 7 heteroatoms. The number of carbonyl (C=O) groups excluding carboxylic acids is 1. The van der Waals surface area contributed by atoms with Crippen LogP contribution in [0.5, 0.6) is 0 Å². The molecule has 2 atom stereocenters.